The fourth-order valence-electron chi connectivity index (χ4n) is 3.82. The van der Waals surface area contributed by atoms with Gasteiger partial charge in [0.05, 0.1) is 5.92 Å². The van der Waals surface area contributed by atoms with Gasteiger partial charge in [-0.25, -0.2) is 0 Å². The molecule has 0 atom stereocenters. The van der Waals surface area contributed by atoms with E-state index in [1.807, 2.05) is 103 Å². The van der Waals surface area contributed by atoms with E-state index in [1.54, 1.807) is 0 Å². The Kier molecular flexibility index (Phi) is 7.60. The zero-order valence-electron chi connectivity index (χ0n) is 18.4. The molecule has 1 heteroatoms. The number of rotatable bonds is 5. The minimum atomic E-state index is -0.255. The van der Waals surface area contributed by atoms with Crippen LogP contribution in [0.2, 0.25) is 0 Å². The Hall–Kier alpha value is -4.23. The van der Waals surface area contributed by atoms with Crippen molar-refractivity contribution in [3.05, 3.63) is 168 Å². The van der Waals surface area contributed by atoms with Crippen LogP contribution in [0, 0.1) is 0 Å². The smallest absolute Gasteiger partial charge is 0.174 e. The van der Waals surface area contributed by atoms with Crippen molar-refractivity contribution < 1.29 is 4.79 Å². The van der Waals surface area contributed by atoms with E-state index in [-0.39, 0.29) is 11.7 Å². The highest BCUT2D eigenvalue weighted by Crippen LogP contribution is 2.28. The Morgan fingerprint density at radius 1 is 0.394 bits per heavy atom. The summed E-state index contributed by atoms with van der Waals surface area (Å²) in [4.78, 5) is 12.9. The number of hydrogen-bond acceptors (Lipinski definition) is 1. The van der Waals surface area contributed by atoms with Gasteiger partial charge in [-0.2, -0.15) is 0 Å². The van der Waals surface area contributed by atoms with Crippen molar-refractivity contribution in [2.75, 3.05) is 0 Å². The lowest BCUT2D eigenvalue weighted by molar-refractivity contribution is 0.0974. The van der Waals surface area contributed by atoms with Crippen molar-refractivity contribution in [3.8, 4) is 11.1 Å². The third-order valence-corrected chi connectivity index (χ3v) is 5.47. The molecular weight excluding hydrogens is 400 g/mol. The zero-order valence-corrected chi connectivity index (χ0v) is 18.4. The molecule has 0 N–H and O–H groups in total. The predicted octanol–water partition coefficient (Wildman–Crippen LogP) is 8.06. The van der Waals surface area contributed by atoms with Gasteiger partial charge in [0.2, 0.25) is 0 Å². The molecule has 0 saturated heterocycles. The second-order valence-corrected chi connectivity index (χ2v) is 7.72. The Morgan fingerprint density at radius 3 is 1.06 bits per heavy atom. The molecule has 0 radical (unpaired) electrons. The van der Waals surface area contributed by atoms with Crippen LogP contribution in [0.5, 0.6) is 0 Å². The van der Waals surface area contributed by atoms with Gasteiger partial charge in [0.1, 0.15) is 0 Å². The van der Waals surface area contributed by atoms with Crippen molar-refractivity contribution in [1.82, 2.24) is 0 Å². The van der Waals surface area contributed by atoms with Crippen molar-refractivity contribution in [1.29, 1.82) is 0 Å². The van der Waals surface area contributed by atoms with E-state index in [2.05, 4.69) is 48.5 Å². The lowest BCUT2D eigenvalue weighted by atomic mass is 9.85. The fraction of sp³-hybridized carbons (Fsp3) is 0.0312. The molecule has 0 fully saturated rings. The molecule has 0 saturated carbocycles. The molecule has 0 heterocycles. The third kappa shape index (κ3) is 5.93. The van der Waals surface area contributed by atoms with E-state index in [0.29, 0.717) is 0 Å². The summed E-state index contributed by atoms with van der Waals surface area (Å²) in [5, 5.41) is 0. The monoisotopic (exact) mass is 426 g/mol. The van der Waals surface area contributed by atoms with Gasteiger partial charge in [-0.1, -0.05) is 152 Å². The molecule has 0 amide bonds. The van der Waals surface area contributed by atoms with Crippen LogP contribution in [-0.2, 0) is 0 Å². The Labute approximate surface area is 196 Å². The van der Waals surface area contributed by atoms with E-state index in [4.69, 9.17) is 0 Å². The molecule has 0 aliphatic heterocycles. The summed E-state index contributed by atoms with van der Waals surface area (Å²) in [7, 11) is 0. The maximum Gasteiger partial charge on any atom is 0.174 e. The van der Waals surface area contributed by atoms with Gasteiger partial charge in [-0.3, -0.25) is 4.79 Å². The van der Waals surface area contributed by atoms with Crippen molar-refractivity contribution in [3.63, 3.8) is 0 Å². The number of Topliss-reactive ketones (excluding diaryl/α,β-unsaturated/α-hetero) is 1. The van der Waals surface area contributed by atoms with E-state index in [9.17, 15) is 4.79 Å². The number of ketones is 1. The molecule has 5 aromatic rings. The van der Waals surface area contributed by atoms with Gasteiger partial charge in [-0.05, 0) is 22.3 Å². The maximum absolute atomic E-state index is 12.9. The molecular formula is C32H26O. The first-order valence-electron chi connectivity index (χ1n) is 11.1. The molecule has 0 bridgehead atoms. The van der Waals surface area contributed by atoms with Crippen molar-refractivity contribution in [2.24, 2.45) is 0 Å². The second kappa shape index (κ2) is 11.4. The highest BCUT2D eigenvalue weighted by atomic mass is 16.1. The highest BCUT2D eigenvalue weighted by Gasteiger charge is 2.23. The average Bonchev–Trinajstić information content (AvgIpc) is 2.92. The van der Waals surface area contributed by atoms with Gasteiger partial charge >= 0.3 is 0 Å². The lowest BCUT2D eigenvalue weighted by Crippen LogP contribution is -2.14. The molecule has 5 aromatic carbocycles. The zero-order chi connectivity index (χ0) is 22.7. The molecule has 0 aliphatic rings. The lowest BCUT2D eigenvalue weighted by Gasteiger charge is -2.17. The summed E-state index contributed by atoms with van der Waals surface area (Å²) in [6.45, 7) is 0. The summed E-state index contributed by atoms with van der Waals surface area (Å²) < 4.78 is 0. The third-order valence-electron chi connectivity index (χ3n) is 5.47. The maximum atomic E-state index is 12.9. The van der Waals surface area contributed by atoms with Crippen LogP contribution in [-0.4, -0.2) is 5.78 Å². The van der Waals surface area contributed by atoms with Gasteiger partial charge < -0.3 is 0 Å². The average molecular weight is 427 g/mol. The quantitative estimate of drug-likeness (QED) is 0.260. The Balaban J connectivity index is 0.000000183. The first-order chi connectivity index (χ1) is 16.3. The number of carbonyl (C=O) groups excluding carboxylic acids is 1. The number of hydrogen-bond donors (Lipinski definition) is 0. The van der Waals surface area contributed by atoms with E-state index in [1.165, 1.54) is 11.1 Å². The molecule has 0 aromatic heterocycles. The summed E-state index contributed by atoms with van der Waals surface area (Å²) in [6, 6.07) is 50.2. The molecule has 0 unspecified atom stereocenters. The number of carbonyl (C=O) groups is 1. The second-order valence-electron chi connectivity index (χ2n) is 7.72. The van der Waals surface area contributed by atoms with Gasteiger partial charge in [0.15, 0.2) is 5.78 Å². The standard InChI is InChI=1S/C20H16O.C12H10/c21-20(18-14-8-3-9-15-18)19(16-10-4-1-5-11-16)17-12-6-2-7-13-17;1-3-7-11(8-4-1)12-9-5-2-6-10-12/h1-15,19H;1-10H. The van der Waals surface area contributed by atoms with E-state index in [0.717, 1.165) is 16.7 Å². The van der Waals surface area contributed by atoms with Gasteiger partial charge in [0.25, 0.3) is 0 Å². The minimum Gasteiger partial charge on any atom is -0.293 e. The largest absolute Gasteiger partial charge is 0.293 e. The summed E-state index contributed by atoms with van der Waals surface area (Å²) in [6.07, 6.45) is 0. The molecule has 5 rings (SSSR count). The van der Waals surface area contributed by atoms with Crippen LogP contribution < -0.4 is 0 Å². The Bertz CT molecular complexity index is 1160. The topological polar surface area (TPSA) is 17.1 Å². The van der Waals surface area contributed by atoms with Gasteiger partial charge in [0, 0.05) is 5.56 Å². The molecule has 160 valence electrons. The summed E-state index contributed by atoms with van der Waals surface area (Å²) in [5.41, 5.74) is 5.35. The van der Waals surface area contributed by atoms with E-state index < -0.39 is 0 Å². The van der Waals surface area contributed by atoms with Crippen LogP contribution in [0.3, 0.4) is 0 Å². The SMILES string of the molecule is O=C(c1ccccc1)C(c1ccccc1)c1ccccc1.c1ccc(-c2ccccc2)cc1. The normalized spacial score (nSPS) is 10.2. The summed E-state index contributed by atoms with van der Waals surface area (Å²) in [5.74, 6) is -0.122. The van der Waals surface area contributed by atoms with Crippen molar-refractivity contribution in [2.45, 2.75) is 5.92 Å². The first kappa shape index (κ1) is 22.0. The fourth-order valence-corrected chi connectivity index (χ4v) is 3.82. The van der Waals surface area contributed by atoms with E-state index >= 15 is 0 Å². The predicted molar refractivity (Wildman–Crippen MR) is 137 cm³/mol. The molecule has 33 heavy (non-hydrogen) atoms. The van der Waals surface area contributed by atoms with Crippen LogP contribution in [0.15, 0.2) is 152 Å². The minimum absolute atomic E-state index is 0.132. The molecule has 0 spiro atoms. The van der Waals surface area contributed by atoms with Crippen molar-refractivity contribution >= 4 is 5.78 Å². The van der Waals surface area contributed by atoms with Gasteiger partial charge in [-0.15, -0.1) is 0 Å². The summed E-state index contributed by atoms with van der Waals surface area (Å²) >= 11 is 0. The number of benzene rings is 5. The van der Waals surface area contributed by atoms with Crippen LogP contribution in [0.1, 0.15) is 27.4 Å². The highest BCUT2D eigenvalue weighted by molar-refractivity contribution is 6.03. The van der Waals surface area contributed by atoms with Crippen LogP contribution in [0.25, 0.3) is 11.1 Å². The Morgan fingerprint density at radius 2 is 0.697 bits per heavy atom. The molecule has 1 nitrogen and oxygen atoms in total. The van der Waals surface area contributed by atoms with Crippen LogP contribution >= 0.6 is 0 Å². The van der Waals surface area contributed by atoms with Crippen LogP contribution in [0.4, 0.5) is 0 Å². The first-order valence-corrected chi connectivity index (χ1v) is 11.1. The molecule has 0 aliphatic carbocycles.